The van der Waals surface area contributed by atoms with Crippen molar-refractivity contribution in [2.24, 2.45) is 0 Å². The molecule has 0 aliphatic rings. The Hall–Kier alpha value is -2.18. The first-order chi connectivity index (χ1) is 9.99. The van der Waals surface area contributed by atoms with Gasteiger partial charge in [0.25, 0.3) is 0 Å². The molecule has 0 radical (unpaired) electrons. The standard InChI is InChI=1S/C15H15N3O2S/c1-10-6-12-7-13(9-17-15(12)18-10)11-4-3-5-14(8-11)21(19,20)16-2/h3-9,16H,1-2H3,(H,17,18). The van der Waals surface area contributed by atoms with Crippen molar-refractivity contribution < 1.29 is 8.42 Å². The summed E-state index contributed by atoms with van der Waals surface area (Å²) in [4.78, 5) is 7.78. The van der Waals surface area contributed by atoms with Crippen LogP contribution in [0.3, 0.4) is 0 Å². The fraction of sp³-hybridized carbons (Fsp3) is 0.133. The van der Waals surface area contributed by atoms with Crippen molar-refractivity contribution in [2.45, 2.75) is 11.8 Å². The zero-order chi connectivity index (χ0) is 15.0. The summed E-state index contributed by atoms with van der Waals surface area (Å²) in [6, 6.07) is 10.8. The molecule has 0 saturated carbocycles. The molecule has 1 aromatic carbocycles. The predicted molar refractivity (Wildman–Crippen MR) is 82.5 cm³/mol. The summed E-state index contributed by atoms with van der Waals surface area (Å²) >= 11 is 0. The molecule has 2 N–H and O–H groups in total. The van der Waals surface area contributed by atoms with Gasteiger partial charge in [-0.2, -0.15) is 0 Å². The summed E-state index contributed by atoms with van der Waals surface area (Å²) in [6.07, 6.45) is 1.74. The van der Waals surface area contributed by atoms with E-state index in [0.29, 0.717) is 0 Å². The van der Waals surface area contributed by atoms with Crippen LogP contribution in [-0.2, 0) is 10.0 Å². The first-order valence-corrected chi connectivity index (χ1v) is 7.97. The molecule has 0 fully saturated rings. The number of sulfonamides is 1. The molecule has 0 aliphatic heterocycles. The third kappa shape index (κ3) is 2.55. The van der Waals surface area contributed by atoms with Gasteiger partial charge in [0.1, 0.15) is 5.65 Å². The predicted octanol–water partition coefficient (Wildman–Crippen LogP) is 2.45. The second-order valence-corrected chi connectivity index (χ2v) is 6.74. The van der Waals surface area contributed by atoms with Crippen LogP contribution in [-0.4, -0.2) is 25.4 Å². The quantitative estimate of drug-likeness (QED) is 0.780. The lowest BCUT2D eigenvalue weighted by Crippen LogP contribution is -2.18. The molecule has 0 spiro atoms. The topological polar surface area (TPSA) is 74.8 Å². The molecule has 21 heavy (non-hydrogen) atoms. The molecule has 2 heterocycles. The van der Waals surface area contributed by atoms with E-state index >= 15 is 0 Å². The van der Waals surface area contributed by atoms with E-state index in [1.165, 1.54) is 7.05 Å². The number of H-pyrrole nitrogens is 1. The fourth-order valence-corrected chi connectivity index (χ4v) is 3.05. The number of pyridine rings is 1. The van der Waals surface area contributed by atoms with Gasteiger partial charge in [-0.25, -0.2) is 18.1 Å². The molecule has 108 valence electrons. The van der Waals surface area contributed by atoms with Gasteiger partial charge >= 0.3 is 0 Å². The zero-order valence-corrected chi connectivity index (χ0v) is 12.5. The molecule has 0 bridgehead atoms. The van der Waals surface area contributed by atoms with Crippen molar-refractivity contribution in [3.05, 3.63) is 48.3 Å². The summed E-state index contributed by atoms with van der Waals surface area (Å²) in [5.74, 6) is 0. The number of hydrogen-bond donors (Lipinski definition) is 2. The van der Waals surface area contributed by atoms with Gasteiger partial charge in [-0.3, -0.25) is 0 Å². The van der Waals surface area contributed by atoms with E-state index in [4.69, 9.17) is 0 Å². The summed E-state index contributed by atoms with van der Waals surface area (Å²) < 4.78 is 26.1. The van der Waals surface area contributed by atoms with Crippen molar-refractivity contribution >= 4 is 21.1 Å². The van der Waals surface area contributed by atoms with Gasteiger partial charge in [0.15, 0.2) is 0 Å². The first kappa shape index (κ1) is 13.8. The van der Waals surface area contributed by atoms with E-state index < -0.39 is 10.0 Å². The van der Waals surface area contributed by atoms with Crippen LogP contribution in [0.5, 0.6) is 0 Å². The molecule has 3 rings (SSSR count). The van der Waals surface area contributed by atoms with Gasteiger partial charge in [-0.15, -0.1) is 0 Å². The number of benzene rings is 1. The van der Waals surface area contributed by atoms with Crippen LogP contribution in [0, 0.1) is 6.92 Å². The lowest BCUT2D eigenvalue weighted by atomic mass is 10.1. The van der Waals surface area contributed by atoms with Crippen molar-refractivity contribution in [3.8, 4) is 11.1 Å². The average Bonchev–Trinajstić information content (AvgIpc) is 2.86. The van der Waals surface area contributed by atoms with Gasteiger partial charge in [-0.1, -0.05) is 12.1 Å². The number of nitrogens with zero attached hydrogens (tertiary/aromatic N) is 1. The highest BCUT2D eigenvalue weighted by Gasteiger charge is 2.12. The Labute approximate surface area is 123 Å². The van der Waals surface area contributed by atoms with E-state index in [0.717, 1.165) is 27.9 Å². The second kappa shape index (κ2) is 4.98. The molecule has 5 nitrogen and oxygen atoms in total. The third-order valence-corrected chi connectivity index (χ3v) is 4.76. The molecule has 6 heteroatoms. The summed E-state index contributed by atoms with van der Waals surface area (Å²) in [6.45, 7) is 1.97. The zero-order valence-electron chi connectivity index (χ0n) is 11.7. The van der Waals surface area contributed by atoms with Crippen LogP contribution < -0.4 is 4.72 Å². The lowest BCUT2D eigenvalue weighted by molar-refractivity contribution is 0.588. The van der Waals surface area contributed by atoms with Crippen molar-refractivity contribution in [3.63, 3.8) is 0 Å². The minimum absolute atomic E-state index is 0.243. The maximum absolute atomic E-state index is 11.9. The van der Waals surface area contributed by atoms with E-state index in [1.807, 2.05) is 25.1 Å². The van der Waals surface area contributed by atoms with Crippen molar-refractivity contribution in [1.29, 1.82) is 0 Å². The Morgan fingerprint density at radius 1 is 1.14 bits per heavy atom. The Morgan fingerprint density at radius 2 is 1.95 bits per heavy atom. The molecule has 0 atom stereocenters. The largest absolute Gasteiger partial charge is 0.344 e. The Morgan fingerprint density at radius 3 is 2.71 bits per heavy atom. The molecule has 2 aromatic heterocycles. The maximum atomic E-state index is 11.9. The number of nitrogens with one attached hydrogen (secondary N) is 2. The van der Waals surface area contributed by atoms with Gasteiger partial charge in [0.05, 0.1) is 4.90 Å². The molecule has 3 aromatic rings. The number of fused-ring (bicyclic) bond motifs is 1. The number of aromatic amines is 1. The molecule has 0 amide bonds. The molecule has 0 aliphatic carbocycles. The van der Waals surface area contributed by atoms with E-state index in [-0.39, 0.29) is 4.90 Å². The van der Waals surface area contributed by atoms with Crippen LogP contribution in [0.15, 0.2) is 47.5 Å². The van der Waals surface area contributed by atoms with Crippen LogP contribution in [0.1, 0.15) is 5.69 Å². The minimum atomic E-state index is -3.44. The monoisotopic (exact) mass is 301 g/mol. The normalized spacial score (nSPS) is 11.9. The highest BCUT2D eigenvalue weighted by molar-refractivity contribution is 7.89. The van der Waals surface area contributed by atoms with E-state index in [1.54, 1.807) is 24.4 Å². The lowest BCUT2D eigenvalue weighted by Gasteiger charge is -2.06. The summed E-state index contributed by atoms with van der Waals surface area (Å²) in [5, 5.41) is 1.01. The minimum Gasteiger partial charge on any atom is -0.344 e. The third-order valence-electron chi connectivity index (χ3n) is 3.35. The Bertz CT molecular complexity index is 914. The number of aromatic nitrogens is 2. The Kier molecular flexibility index (Phi) is 3.27. The number of rotatable bonds is 3. The van der Waals surface area contributed by atoms with Gasteiger partial charge in [0.2, 0.25) is 10.0 Å². The fourth-order valence-electron chi connectivity index (χ4n) is 2.27. The van der Waals surface area contributed by atoms with Gasteiger partial charge in [0, 0.05) is 22.8 Å². The average molecular weight is 301 g/mol. The number of hydrogen-bond acceptors (Lipinski definition) is 3. The van der Waals surface area contributed by atoms with E-state index in [9.17, 15) is 8.42 Å². The molecular weight excluding hydrogens is 286 g/mol. The molecule has 0 unspecified atom stereocenters. The summed E-state index contributed by atoms with van der Waals surface area (Å²) in [5.41, 5.74) is 3.57. The van der Waals surface area contributed by atoms with Crippen LogP contribution in [0.4, 0.5) is 0 Å². The Balaban J connectivity index is 2.12. The van der Waals surface area contributed by atoms with Gasteiger partial charge in [-0.05, 0) is 43.8 Å². The summed E-state index contributed by atoms with van der Waals surface area (Å²) in [7, 11) is -2.04. The highest BCUT2D eigenvalue weighted by atomic mass is 32.2. The second-order valence-electron chi connectivity index (χ2n) is 4.85. The van der Waals surface area contributed by atoms with Crippen LogP contribution in [0.2, 0.25) is 0 Å². The highest BCUT2D eigenvalue weighted by Crippen LogP contribution is 2.25. The van der Waals surface area contributed by atoms with Gasteiger partial charge < -0.3 is 4.98 Å². The molecular formula is C15H15N3O2S. The van der Waals surface area contributed by atoms with Crippen LogP contribution in [0.25, 0.3) is 22.2 Å². The number of aryl methyl sites for hydroxylation is 1. The van der Waals surface area contributed by atoms with E-state index in [2.05, 4.69) is 14.7 Å². The van der Waals surface area contributed by atoms with Crippen molar-refractivity contribution in [2.75, 3.05) is 7.05 Å². The molecule has 0 saturated heterocycles. The van der Waals surface area contributed by atoms with Crippen LogP contribution >= 0.6 is 0 Å². The maximum Gasteiger partial charge on any atom is 0.240 e. The van der Waals surface area contributed by atoms with Crippen molar-refractivity contribution in [1.82, 2.24) is 14.7 Å². The SMILES string of the molecule is CNS(=O)(=O)c1cccc(-c2cnc3[nH]c(C)cc3c2)c1. The first-order valence-electron chi connectivity index (χ1n) is 6.49. The smallest absolute Gasteiger partial charge is 0.240 e.